The largest absolute Gasteiger partial charge is 0.271 e. The van der Waals surface area contributed by atoms with Crippen LogP contribution in [-0.2, 0) is 16.4 Å². The standard InChI is InChI=1S/C26H28F2N6O2S/c1-5-16(2)18-13-22(25-19(27)7-6-8-20(25)28)31-32-26(18)17(3)23-14-29-15-24(30-23)21-9-10-34(33-21)11-12-37(4,35)36/h6-10,13-17H,5,11-12H2,1-4H3/t16-,17?/m0/s1. The van der Waals surface area contributed by atoms with Gasteiger partial charge in [-0.05, 0) is 42.2 Å². The van der Waals surface area contributed by atoms with Crippen LogP contribution in [-0.4, -0.2) is 50.4 Å². The highest BCUT2D eigenvalue weighted by atomic mass is 32.2. The minimum absolute atomic E-state index is 0.0132. The number of nitrogens with zero attached hydrogens (tertiary/aromatic N) is 6. The molecule has 1 aromatic carbocycles. The molecule has 194 valence electrons. The SMILES string of the molecule is CC[C@H](C)c1cc(-c2c(F)cccc2F)nnc1C(C)c1cncc(-c2ccn(CCS(C)(=O)=O)n2)n1. The molecular weight excluding hydrogens is 498 g/mol. The predicted molar refractivity (Wildman–Crippen MR) is 137 cm³/mol. The van der Waals surface area contributed by atoms with E-state index in [0.29, 0.717) is 22.8 Å². The number of benzene rings is 1. The lowest BCUT2D eigenvalue weighted by Gasteiger charge is -2.19. The molecule has 8 nitrogen and oxygen atoms in total. The first kappa shape index (κ1) is 26.5. The second kappa shape index (κ2) is 10.8. The molecule has 0 saturated carbocycles. The van der Waals surface area contributed by atoms with Crippen molar-refractivity contribution in [1.29, 1.82) is 0 Å². The Morgan fingerprint density at radius 2 is 1.73 bits per heavy atom. The van der Waals surface area contributed by atoms with Crippen molar-refractivity contribution in [3.63, 3.8) is 0 Å². The van der Waals surface area contributed by atoms with E-state index in [4.69, 9.17) is 4.98 Å². The van der Waals surface area contributed by atoms with Gasteiger partial charge in [-0.25, -0.2) is 22.2 Å². The van der Waals surface area contributed by atoms with Gasteiger partial charge < -0.3 is 0 Å². The summed E-state index contributed by atoms with van der Waals surface area (Å²) in [6, 6.07) is 7.17. The fraction of sp³-hybridized carbons (Fsp3) is 0.346. The first-order valence-corrected chi connectivity index (χ1v) is 14.0. The minimum atomic E-state index is -3.11. The van der Waals surface area contributed by atoms with Crippen LogP contribution in [0.3, 0.4) is 0 Å². The van der Waals surface area contributed by atoms with Crippen molar-refractivity contribution in [3.8, 4) is 22.6 Å². The topological polar surface area (TPSA) is 104 Å². The van der Waals surface area contributed by atoms with E-state index < -0.39 is 21.5 Å². The lowest BCUT2D eigenvalue weighted by Crippen LogP contribution is -2.12. The summed E-state index contributed by atoms with van der Waals surface area (Å²) in [5.41, 5.74) is 3.15. The second-order valence-electron chi connectivity index (χ2n) is 9.12. The van der Waals surface area contributed by atoms with E-state index >= 15 is 0 Å². The summed E-state index contributed by atoms with van der Waals surface area (Å²) in [5.74, 6) is -1.65. The highest BCUT2D eigenvalue weighted by Crippen LogP contribution is 2.33. The first-order valence-electron chi connectivity index (χ1n) is 11.9. The van der Waals surface area contributed by atoms with Gasteiger partial charge in [-0.3, -0.25) is 9.67 Å². The molecule has 37 heavy (non-hydrogen) atoms. The maximum absolute atomic E-state index is 14.4. The van der Waals surface area contributed by atoms with Crippen LogP contribution in [0.2, 0.25) is 0 Å². The first-order chi connectivity index (χ1) is 17.6. The number of aryl methyl sites for hydroxylation is 1. The van der Waals surface area contributed by atoms with Crippen molar-refractivity contribution in [3.05, 3.63) is 77.5 Å². The quantitative estimate of drug-likeness (QED) is 0.309. The number of aromatic nitrogens is 6. The Hall–Kier alpha value is -3.60. The molecule has 0 fully saturated rings. The lowest BCUT2D eigenvalue weighted by molar-refractivity contribution is 0.585. The molecule has 4 aromatic rings. The molecular formula is C26H28F2N6O2S. The monoisotopic (exact) mass is 526 g/mol. The van der Waals surface area contributed by atoms with Crippen LogP contribution in [0.15, 0.2) is 48.9 Å². The Morgan fingerprint density at radius 1 is 1.00 bits per heavy atom. The van der Waals surface area contributed by atoms with Gasteiger partial charge in [0.2, 0.25) is 0 Å². The van der Waals surface area contributed by atoms with Gasteiger partial charge in [-0.15, -0.1) is 0 Å². The van der Waals surface area contributed by atoms with Gasteiger partial charge in [0.1, 0.15) is 32.9 Å². The van der Waals surface area contributed by atoms with Crippen LogP contribution in [0, 0.1) is 11.6 Å². The Kier molecular flexibility index (Phi) is 7.72. The van der Waals surface area contributed by atoms with Crippen LogP contribution < -0.4 is 0 Å². The number of halogens is 2. The summed E-state index contributed by atoms with van der Waals surface area (Å²) < 4.78 is 53.3. The number of hydrogen-bond donors (Lipinski definition) is 0. The third-order valence-corrected chi connectivity index (χ3v) is 7.24. The molecule has 0 amide bonds. The Morgan fingerprint density at radius 3 is 2.41 bits per heavy atom. The van der Waals surface area contributed by atoms with E-state index in [0.717, 1.165) is 12.0 Å². The van der Waals surface area contributed by atoms with Gasteiger partial charge >= 0.3 is 0 Å². The molecule has 0 spiro atoms. The van der Waals surface area contributed by atoms with Gasteiger partial charge in [-0.1, -0.05) is 26.8 Å². The highest BCUT2D eigenvalue weighted by molar-refractivity contribution is 7.90. The predicted octanol–water partition coefficient (Wildman–Crippen LogP) is 4.79. The molecule has 0 bridgehead atoms. The summed E-state index contributed by atoms with van der Waals surface area (Å²) in [5, 5.41) is 13.0. The lowest BCUT2D eigenvalue weighted by atomic mass is 9.90. The van der Waals surface area contributed by atoms with E-state index in [-0.39, 0.29) is 35.4 Å². The molecule has 2 atom stereocenters. The van der Waals surface area contributed by atoms with E-state index in [1.807, 2.05) is 20.8 Å². The average molecular weight is 527 g/mol. The highest BCUT2D eigenvalue weighted by Gasteiger charge is 2.23. The number of hydrogen-bond acceptors (Lipinski definition) is 7. The van der Waals surface area contributed by atoms with Crippen molar-refractivity contribution >= 4 is 9.84 Å². The molecule has 0 radical (unpaired) electrons. The third-order valence-electron chi connectivity index (χ3n) is 6.32. The molecule has 0 aliphatic carbocycles. The van der Waals surface area contributed by atoms with E-state index in [1.54, 1.807) is 35.4 Å². The zero-order valence-corrected chi connectivity index (χ0v) is 21.9. The molecule has 0 aliphatic heterocycles. The number of rotatable bonds is 9. The van der Waals surface area contributed by atoms with Crippen LogP contribution in [0.25, 0.3) is 22.6 Å². The molecule has 3 aromatic heterocycles. The fourth-order valence-corrected chi connectivity index (χ4v) is 4.49. The summed E-state index contributed by atoms with van der Waals surface area (Å²) >= 11 is 0. The van der Waals surface area contributed by atoms with E-state index in [1.165, 1.54) is 24.5 Å². The molecule has 0 saturated heterocycles. The van der Waals surface area contributed by atoms with Gasteiger partial charge in [-0.2, -0.15) is 15.3 Å². The molecule has 3 heterocycles. The van der Waals surface area contributed by atoms with E-state index in [9.17, 15) is 17.2 Å². The van der Waals surface area contributed by atoms with Gasteiger partial charge in [0.25, 0.3) is 0 Å². The molecule has 0 N–H and O–H groups in total. The third kappa shape index (κ3) is 6.04. The summed E-state index contributed by atoms with van der Waals surface area (Å²) in [6.07, 6.45) is 6.91. The van der Waals surface area contributed by atoms with Gasteiger partial charge in [0, 0.05) is 24.6 Å². The zero-order valence-electron chi connectivity index (χ0n) is 21.1. The smallest absolute Gasteiger partial charge is 0.149 e. The van der Waals surface area contributed by atoms with Crippen molar-refractivity contribution in [1.82, 2.24) is 29.9 Å². The maximum atomic E-state index is 14.4. The van der Waals surface area contributed by atoms with E-state index in [2.05, 4.69) is 20.3 Å². The average Bonchev–Trinajstić information content (AvgIpc) is 3.35. The van der Waals surface area contributed by atoms with Crippen LogP contribution in [0.4, 0.5) is 8.78 Å². The molecule has 11 heteroatoms. The van der Waals surface area contributed by atoms with Crippen LogP contribution in [0.1, 0.15) is 56.0 Å². The van der Waals surface area contributed by atoms with Crippen molar-refractivity contribution in [2.45, 2.75) is 45.6 Å². The minimum Gasteiger partial charge on any atom is -0.271 e. The number of sulfone groups is 1. The summed E-state index contributed by atoms with van der Waals surface area (Å²) in [7, 11) is -3.11. The Balaban J connectivity index is 1.68. The van der Waals surface area contributed by atoms with Crippen LogP contribution in [0.5, 0.6) is 0 Å². The van der Waals surface area contributed by atoms with Crippen molar-refractivity contribution < 1.29 is 17.2 Å². The Labute approximate surface area is 214 Å². The summed E-state index contributed by atoms with van der Waals surface area (Å²) in [6.45, 7) is 6.23. The van der Waals surface area contributed by atoms with Gasteiger partial charge in [0.05, 0.1) is 41.1 Å². The Bertz CT molecular complexity index is 1500. The maximum Gasteiger partial charge on any atom is 0.149 e. The van der Waals surface area contributed by atoms with Crippen molar-refractivity contribution in [2.75, 3.05) is 12.0 Å². The van der Waals surface area contributed by atoms with Crippen LogP contribution >= 0.6 is 0 Å². The molecule has 4 rings (SSSR count). The normalized spacial score (nSPS) is 13.5. The molecule has 1 unspecified atom stereocenters. The zero-order chi connectivity index (χ0) is 26.7. The fourth-order valence-electron chi connectivity index (χ4n) is 3.97. The molecule has 0 aliphatic rings. The van der Waals surface area contributed by atoms with Crippen molar-refractivity contribution in [2.24, 2.45) is 0 Å². The summed E-state index contributed by atoms with van der Waals surface area (Å²) in [4.78, 5) is 9.06. The second-order valence-corrected chi connectivity index (χ2v) is 11.4. The van der Waals surface area contributed by atoms with Gasteiger partial charge in [0.15, 0.2) is 0 Å².